The van der Waals surface area contributed by atoms with Crippen molar-refractivity contribution in [3.8, 4) is 11.6 Å². The fourth-order valence-corrected chi connectivity index (χ4v) is 1.81. The molecule has 0 saturated heterocycles. The predicted octanol–water partition coefficient (Wildman–Crippen LogP) is 3.58. The third-order valence-electron chi connectivity index (χ3n) is 2.96. The Hall–Kier alpha value is -2.24. The van der Waals surface area contributed by atoms with Gasteiger partial charge in [0.1, 0.15) is 5.75 Å². The lowest BCUT2D eigenvalue weighted by Crippen LogP contribution is -2.22. The van der Waals surface area contributed by atoms with Gasteiger partial charge in [0.25, 0.3) is 0 Å². The molecule has 0 atom stereocenters. The number of hydrogen-bond donors (Lipinski definition) is 2. The molecule has 142 valence electrons. The van der Waals surface area contributed by atoms with Gasteiger partial charge in [-0.2, -0.15) is 13.2 Å². The molecule has 0 unspecified atom stereocenters. The largest absolute Gasteiger partial charge is 0.497 e. The highest BCUT2D eigenvalue weighted by atomic mass is 127. The lowest BCUT2D eigenvalue weighted by Gasteiger charge is -2.09. The number of pyridine rings is 1. The number of anilines is 1. The van der Waals surface area contributed by atoms with Crippen LogP contribution in [0.1, 0.15) is 5.56 Å². The van der Waals surface area contributed by atoms with Crippen molar-refractivity contribution >= 4 is 35.6 Å². The van der Waals surface area contributed by atoms with E-state index in [1.165, 1.54) is 12.3 Å². The molecule has 3 N–H and O–H groups in total. The van der Waals surface area contributed by atoms with Crippen LogP contribution in [0, 0.1) is 0 Å². The van der Waals surface area contributed by atoms with E-state index in [9.17, 15) is 13.2 Å². The number of halogens is 4. The maximum atomic E-state index is 12.1. The van der Waals surface area contributed by atoms with Crippen molar-refractivity contribution in [1.29, 1.82) is 0 Å². The van der Waals surface area contributed by atoms with Crippen molar-refractivity contribution in [3.05, 3.63) is 48.2 Å². The first-order valence-electron chi connectivity index (χ1n) is 7.21. The van der Waals surface area contributed by atoms with Gasteiger partial charge in [-0.3, -0.25) is 0 Å². The van der Waals surface area contributed by atoms with E-state index in [0.717, 1.165) is 5.69 Å². The summed E-state index contributed by atoms with van der Waals surface area (Å²) >= 11 is 0. The van der Waals surface area contributed by atoms with Gasteiger partial charge in [-0.05, 0) is 17.7 Å². The van der Waals surface area contributed by atoms with E-state index >= 15 is 0 Å². The lowest BCUT2D eigenvalue weighted by atomic mass is 10.3. The van der Waals surface area contributed by atoms with Gasteiger partial charge in [0, 0.05) is 24.0 Å². The summed E-state index contributed by atoms with van der Waals surface area (Å²) in [5.74, 6) is 0.759. The van der Waals surface area contributed by atoms with Crippen molar-refractivity contribution in [2.24, 2.45) is 10.7 Å². The second-order valence-electron chi connectivity index (χ2n) is 4.97. The average Bonchev–Trinajstić information content (AvgIpc) is 2.58. The molecule has 0 amide bonds. The second kappa shape index (κ2) is 10.0. The summed E-state index contributed by atoms with van der Waals surface area (Å²) < 4.78 is 45.8. The van der Waals surface area contributed by atoms with Crippen LogP contribution in [0.2, 0.25) is 0 Å². The van der Waals surface area contributed by atoms with Gasteiger partial charge in [-0.25, -0.2) is 9.98 Å². The molecule has 0 radical (unpaired) electrons. The molecule has 6 nitrogen and oxygen atoms in total. The summed E-state index contributed by atoms with van der Waals surface area (Å²) in [6.07, 6.45) is -3.01. The van der Waals surface area contributed by atoms with Crippen molar-refractivity contribution < 1.29 is 22.6 Å². The van der Waals surface area contributed by atoms with E-state index in [1.54, 1.807) is 37.4 Å². The topological polar surface area (TPSA) is 81.8 Å². The van der Waals surface area contributed by atoms with Gasteiger partial charge >= 0.3 is 6.18 Å². The third-order valence-corrected chi connectivity index (χ3v) is 2.96. The van der Waals surface area contributed by atoms with E-state index < -0.39 is 12.8 Å². The summed E-state index contributed by atoms with van der Waals surface area (Å²) in [7, 11) is 1.56. The maximum Gasteiger partial charge on any atom is 0.422 e. The lowest BCUT2D eigenvalue weighted by molar-refractivity contribution is -0.154. The van der Waals surface area contributed by atoms with Crippen LogP contribution in [0.3, 0.4) is 0 Å². The molecule has 1 aromatic carbocycles. The first kappa shape index (κ1) is 21.8. The summed E-state index contributed by atoms with van der Waals surface area (Å²) in [5.41, 5.74) is 7.19. The number of nitrogens with two attached hydrogens (primary N) is 1. The zero-order valence-electron chi connectivity index (χ0n) is 13.8. The Morgan fingerprint density at radius 2 is 2.04 bits per heavy atom. The van der Waals surface area contributed by atoms with Crippen molar-refractivity contribution in [3.63, 3.8) is 0 Å². The number of methoxy groups -OCH3 is 1. The quantitative estimate of drug-likeness (QED) is 0.374. The molecule has 0 saturated carbocycles. The van der Waals surface area contributed by atoms with E-state index in [-0.39, 0.29) is 42.4 Å². The average molecular weight is 482 g/mol. The zero-order chi connectivity index (χ0) is 18.3. The molecule has 0 aliphatic heterocycles. The summed E-state index contributed by atoms with van der Waals surface area (Å²) in [4.78, 5) is 7.94. The minimum absolute atomic E-state index is 0. The van der Waals surface area contributed by atoms with Crippen LogP contribution >= 0.6 is 24.0 Å². The Morgan fingerprint density at radius 1 is 1.27 bits per heavy atom. The van der Waals surface area contributed by atoms with Crippen LogP contribution in [-0.4, -0.2) is 30.8 Å². The van der Waals surface area contributed by atoms with Gasteiger partial charge < -0.3 is 20.5 Å². The third kappa shape index (κ3) is 7.76. The number of guanidine groups is 1. The Morgan fingerprint density at radius 3 is 2.65 bits per heavy atom. The first-order valence-corrected chi connectivity index (χ1v) is 7.21. The van der Waals surface area contributed by atoms with Crippen LogP contribution in [0.5, 0.6) is 11.6 Å². The van der Waals surface area contributed by atoms with E-state index in [0.29, 0.717) is 11.3 Å². The molecule has 0 aliphatic carbocycles. The SMILES string of the molecule is COc1cccc(NC(N)=NCc2ccc(OCC(F)(F)F)nc2)c1.I. The van der Waals surface area contributed by atoms with Crippen molar-refractivity contribution in [2.45, 2.75) is 12.7 Å². The Balaban J connectivity index is 0.00000338. The van der Waals surface area contributed by atoms with Crippen molar-refractivity contribution in [2.75, 3.05) is 19.0 Å². The van der Waals surface area contributed by atoms with Crippen LogP contribution < -0.4 is 20.5 Å². The van der Waals surface area contributed by atoms with Gasteiger partial charge in [-0.1, -0.05) is 12.1 Å². The van der Waals surface area contributed by atoms with Gasteiger partial charge in [0.2, 0.25) is 5.88 Å². The summed E-state index contributed by atoms with van der Waals surface area (Å²) in [6, 6.07) is 10.1. The second-order valence-corrected chi connectivity index (χ2v) is 4.97. The van der Waals surface area contributed by atoms with E-state index in [2.05, 4.69) is 20.0 Å². The molecule has 0 aliphatic rings. The van der Waals surface area contributed by atoms with Crippen molar-refractivity contribution in [1.82, 2.24) is 4.98 Å². The van der Waals surface area contributed by atoms with E-state index in [4.69, 9.17) is 10.5 Å². The number of ether oxygens (including phenoxy) is 2. The standard InChI is InChI=1S/C16H17F3N4O2.HI/c1-24-13-4-2-3-12(7-13)23-15(20)22-9-11-5-6-14(21-8-11)25-10-16(17,18)19;/h2-8H,9-10H2,1H3,(H3,20,22,23);1H. The molecular formula is C16H18F3IN4O2. The number of aliphatic imine (C=N–C) groups is 1. The highest BCUT2D eigenvalue weighted by Crippen LogP contribution is 2.18. The molecule has 1 aromatic heterocycles. The number of nitrogens with one attached hydrogen (secondary N) is 1. The first-order chi connectivity index (χ1) is 11.9. The molecule has 2 aromatic rings. The summed E-state index contributed by atoms with van der Waals surface area (Å²) in [5, 5.41) is 2.91. The van der Waals surface area contributed by atoms with E-state index in [1.807, 2.05) is 0 Å². The zero-order valence-corrected chi connectivity index (χ0v) is 16.1. The normalized spacial score (nSPS) is 11.5. The molecular weight excluding hydrogens is 464 g/mol. The minimum Gasteiger partial charge on any atom is -0.497 e. The van der Waals surface area contributed by atoms with Crippen LogP contribution in [0.15, 0.2) is 47.6 Å². The Kier molecular flexibility index (Phi) is 8.42. The Labute approximate surface area is 165 Å². The molecule has 10 heteroatoms. The Bertz CT molecular complexity index is 724. The predicted molar refractivity (Wildman–Crippen MR) is 103 cm³/mol. The number of aromatic nitrogens is 1. The fourth-order valence-electron chi connectivity index (χ4n) is 1.81. The monoisotopic (exact) mass is 482 g/mol. The van der Waals surface area contributed by atoms with Crippen LogP contribution in [0.4, 0.5) is 18.9 Å². The summed E-state index contributed by atoms with van der Waals surface area (Å²) in [6.45, 7) is -1.16. The molecule has 1 heterocycles. The number of alkyl halides is 3. The van der Waals surface area contributed by atoms with Gasteiger partial charge in [-0.15, -0.1) is 24.0 Å². The number of rotatable bonds is 6. The van der Waals surface area contributed by atoms with Crippen LogP contribution in [-0.2, 0) is 6.54 Å². The minimum atomic E-state index is -4.40. The highest BCUT2D eigenvalue weighted by Gasteiger charge is 2.28. The molecule has 26 heavy (non-hydrogen) atoms. The van der Waals surface area contributed by atoms with Crippen LogP contribution in [0.25, 0.3) is 0 Å². The van der Waals surface area contributed by atoms with Gasteiger partial charge in [0.05, 0.1) is 13.7 Å². The molecule has 2 rings (SSSR count). The maximum absolute atomic E-state index is 12.1. The number of benzene rings is 1. The number of hydrogen-bond acceptors (Lipinski definition) is 4. The smallest absolute Gasteiger partial charge is 0.422 e. The number of nitrogens with zero attached hydrogens (tertiary/aromatic N) is 2. The molecule has 0 fully saturated rings. The van der Waals surface area contributed by atoms with Gasteiger partial charge in [0.15, 0.2) is 12.6 Å². The molecule has 0 spiro atoms. The fraction of sp³-hybridized carbons (Fsp3) is 0.250. The highest BCUT2D eigenvalue weighted by molar-refractivity contribution is 14.0. The molecule has 0 bridgehead atoms.